The first-order valence-electron chi connectivity index (χ1n) is 13.6. The Balaban J connectivity index is 0.00000336. The second-order valence-electron chi connectivity index (χ2n) is 13.8. The summed E-state index contributed by atoms with van der Waals surface area (Å²) < 4.78 is 23.7. The summed E-state index contributed by atoms with van der Waals surface area (Å²) >= 11 is 0. The zero-order chi connectivity index (χ0) is 27.4. The van der Waals surface area contributed by atoms with Crippen molar-refractivity contribution in [3.8, 4) is 0 Å². The number of aliphatic hydroxyl groups is 4. The van der Waals surface area contributed by atoms with Gasteiger partial charge in [-0.3, -0.25) is 9.36 Å². The fraction of sp³-hybridized carbons (Fsp3) is 0.889. The summed E-state index contributed by atoms with van der Waals surface area (Å²) in [5.74, 6) is -1.03. The van der Waals surface area contributed by atoms with Crippen LogP contribution in [0.4, 0.5) is 0 Å². The van der Waals surface area contributed by atoms with Crippen molar-refractivity contribution in [3.63, 3.8) is 0 Å². The topological polar surface area (TPSA) is 157 Å². The standard InChI is InChI=1S/C27H43O9P.Na/c1-23(2,31)9-8-22-26(5,36-37(33,34)35-22)21-7-11-27(32)16-12-18(28)17-13-19(29)20(30)14-24(17,3)15(16)6-10-25(21,27)4;/h12,15,17,19-22,29-32H,6-11,13-14H2,1-5H3,(H,33,34);/q;+1/p-1/t15-,17-,19+,20-,21-,22-,24+,25+,26+,27+;/m0./s1. The van der Waals surface area contributed by atoms with Gasteiger partial charge in [0.15, 0.2) is 5.78 Å². The first kappa shape index (κ1) is 31.3. The van der Waals surface area contributed by atoms with E-state index < -0.39 is 59.7 Å². The molecule has 38 heavy (non-hydrogen) atoms. The van der Waals surface area contributed by atoms with Crippen molar-refractivity contribution < 1.29 is 73.3 Å². The molecule has 3 saturated carbocycles. The largest absolute Gasteiger partial charge is 1.00 e. The van der Waals surface area contributed by atoms with Gasteiger partial charge in [-0.05, 0) is 101 Å². The summed E-state index contributed by atoms with van der Waals surface area (Å²) in [5.41, 5.74) is -4.25. The predicted octanol–water partition coefficient (Wildman–Crippen LogP) is -0.611. The van der Waals surface area contributed by atoms with Crippen LogP contribution in [0.25, 0.3) is 0 Å². The van der Waals surface area contributed by atoms with Crippen molar-refractivity contribution in [3.05, 3.63) is 11.6 Å². The average Bonchev–Trinajstić information content (AvgIpc) is 3.17. The number of hydrogen-bond acceptors (Lipinski definition) is 9. The van der Waals surface area contributed by atoms with Gasteiger partial charge in [0, 0.05) is 11.3 Å². The van der Waals surface area contributed by atoms with Crippen LogP contribution in [0.2, 0.25) is 0 Å². The molecule has 210 valence electrons. The molecule has 0 amide bonds. The minimum Gasteiger partial charge on any atom is -0.756 e. The van der Waals surface area contributed by atoms with E-state index in [4.69, 9.17) is 9.05 Å². The third kappa shape index (κ3) is 4.60. The van der Waals surface area contributed by atoms with Gasteiger partial charge in [0.05, 0.1) is 29.5 Å². The number of aliphatic hydroxyl groups excluding tert-OH is 2. The molecule has 0 radical (unpaired) electrons. The van der Waals surface area contributed by atoms with Gasteiger partial charge >= 0.3 is 29.6 Å². The van der Waals surface area contributed by atoms with Gasteiger partial charge in [-0.2, -0.15) is 0 Å². The normalized spacial score (nSPS) is 52.5. The summed E-state index contributed by atoms with van der Waals surface area (Å²) in [5, 5.41) is 43.5. The van der Waals surface area contributed by atoms with Crippen molar-refractivity contribution in [2.24, 2.45) is 28.6 Å². The molecule has 11 atom stereocenters. The van der Waals surface area contributed by atoms with Gasteiger partial charge in [-0.15, -0.1) is 0 Å². The third-order valence-corrected chi connectivity index (χ3v) is 12.2. The Labute approximate surface area is 247 Å². The van der Waals surface area contributed by atoms with Crippen LogP contribution in [0.15, 0.2) is 11.6 Å². The number of carbonyl (C=O) groups excluding carboxylic acids is 1. The Morgan fingerprint density at radius 3 is 2.42 bits per heavy atom. The van der Waals surface area contributed by atoms with Gasteiger partial charge in [-0.1, -0.05) is 13.8 Å². The number of phosphoric acid groups is 1. The SMILES string of the molecule is CC(C)(O)CC[C@@H]1OP(=O)([O-])O[C@]1(C)[C@H]1CC[C@@]2(O)C3=CC(=O)[C@@H]4C[C@@H](O)[C@@H](O)C[C@]4(C)[C@H]3CC[C@]12C.[Na+]. The molecule has 0 aromatic carbocycles. The maximum Gasteiger partial charge on any atom is 1.00 e. The molecule has 1 unspecified atom stereocenters. The molecule has 1 heterocycles. The predicted molar refractivity (Wildman–Crippen MR) is 132 cm³/mol. The number of rotatable bonds is 4. The van der Waals surface area contributed by atoms with E-state index in [-0.39, 0.29) is 66.4 Å². The summed E-state index contributed by atoms with van der Waals surface area (Å²) in [6, 6.07) is 0. The van der Waals surface area contributed by atoms with Gasteiger partial charge in [0.25, 0.3) is 7.82 Å². The molecular weight excluding hydrogens is 522 g/mol. The van der Waals surface area contributed by atoms with Crippen LogP contribution < -0.4 is 34.5 Å². The molecule has 5 aliphatic rings. The smallest absolute Gasteiger partial charge is 0.756 e. The molecular formula is C27H42NaO9P. The number of ketones is 1. The Morgan fingerprint density at radius 1 is 1.13 bits per heavy atom. The summed E-state index contributed by atoms with van der Waals surface area (Å²) in [7, 11) is -4.57. The van der Waals surface area contributed by atoms with Crippen LogP contribution in [0.1, 0.15) is 86.0 Å². The van der Waals surface area contributed by atoms with Crippen molar-refractivity contribution in [1.82, 2.24) is 0 Å². The van der Waals surface area contributed by atoms with Crippen molar-refractivity contribution in [1.29, 1.82) is 0 Å². The summed E-state index contributed by atoms with van der Waals surface area (Å²) in [6.45, 7) is 9.03. The quantitative estimate of drug-likeness (QED) is 0.258. The van der Waals surface area contributed by atoms with Gasteiger partial charge < -0.3 is 34.4 Å². The molecule has 0 bridgehead atoms. The van der Waals surface area contributed by atoms with Gasteiger partial charge in [0.1, 0.15) is 5.60 Å². The van der Waals surface area contributed by atoms with Crippen LogP contribution in [0, 0.1) is 28.6 Å². The Bertz CT molecular complexity index is 1060. The molecule has 0 aromatic rings. The van der Waals surface area contributed by atoms with Crippen LogP contribution in [-0.4, -0.2) is 61.3 Å². The number of hydrogen-bond donors (Lipinski definition) is 4. The van der Waals surface area contributed by atoms with E-state index in [1.54, 1.807) is 26.8 Å². The minimum absolute atomic E-state index is 0. The first-order chi connectivity index (χ1) is 16.9. The summed E-state index contributed by atoms with van der Waals surface area (Å²) in [6.07, 6.45) is 2.13. The monoisotopic (exact) mass is 564 g/mol. The van der Waals surface area contributed by atoms with Crippen molar-refractivity contribution >= 4 is 13.6 Å². The van der Waals surface area contributed by atoms with Crippen molar-refractivity contribution in [2.75, 3.05) is 0 Å². The van der Waals surface area contributed by atoms with E-state index in [0.717, 1.165) is 0 Å². The fourth-order valence-electron chi connectivity index (χ4n) is 8.98. The van der Waals surface area contributed by atoms with E-state index in [1.807, 2.05) is 13.8 Å². The molecule has 0 aromatic heterocycles. The molecule has 11 heteroatoms. The fourth-order valence-corrected chi connectivity index (χ4v) is 10.4. The summed E-state index contributed by atoms with van der Waals surface area (Å²) in [4.78, 5) is 25.9. The first-order valence-corrected chi connectivity index (χ1v) is 15.1. The molecule has 9 nitrogen and oxygen atoms in total. The van der Waals surface area contributed by atoms with Crippen LogP contribution in [-0.2, 0) is 18.4 Å². The van der Waals surface area contributed by atoms with E-state index in [1.165, 1.54) is 0 Å². The second kappa shape index (κ2) is 9.70. The Hall–Kier alpha value is 0.360. The number of phosphoric ester groups is 1. The maximum absolute atomic E-state index is 13.4. The van der Waals surface area contributed by atoms with Crippen molar-refractivity contribution in [2.45, 2.75) is 121 Å². The maximum atomic E-state index is 13.4. The molecule has 1 saturated heterocycles. The van der Waals surface area contributed by atoms with E-state index in [9.17, 15) is 34.7 Å². The molecule has 0 spiro atoms. The van der Waals surface area contributed by atoms with E-state index in [2.05, 4.69) is 0 Å². The van der Waals surface area contributed by atoms with Gasteiger partial charge in [0.2, 0.25) is 0 Å². The zero-order valence-corrected chi connectivity index (χ0v) is 26.4. The van der Waals surface area contributed by atoms with Crippen LogP contribution >= 0.6 is 7.82 Å². The number of carbonyl (C=O) groups is 1. The zero-order valence-electron chi connectivity index (χ0n) is 23.5. The Kier molecular flexibility index (Phi) is 7.99. The second-order valence-corrected chi connectivity index (χ2v) is 15.1. The minimum atomic E-state index is -4.57. The number of allylic oxidation sites excluding steroid dienone is 1. The van der Waals surface area contributed by atoms with E-state index in [0.29, 0.717) is 37.7 Å². The average molecular weight is 565 g/mol. The van der Waals surface area contributed by atoms with E-state index >= 15 is 0 Å². The Morgan fingerprint density at radius 2 is 1.79 bits per heavy atom. The molecule has 5 rings (SSSR count). The van der Waals surface area contributed by atoms with Crippen LogP contribution in [0.3, 0.4) is 0 Å². The molecule has 4 N–H and O–H groups in total. The molecule has 1 aliphatic heterocycles. The van der Waals surface area contributed by atoms with Crippen LogP contribution in [0.5, 0.6) is 0 Å². The van der Waals surface area contributed by atoms with Gasteiger partial charge in [-0.25, -0.2) is 0 Å². The molecule has 4 aliphatic carbocycles. The third-order valence-electron chi connectivity index (χ3n) is 11.0. The number of fused-ring (bicyclic) bond motifs is 5. The molecule has 4 fully saturated rings.